The van der Waals surface area contributed by atoms with Crippen molar-refractivity contribution in [1.82, 2.24) is 20.2 Å². The molecule has 1 heterocycles. The zero-order valence-electron chi connectivity index (χ0n) is 10.4. The van der Waals surface area contributed by atoms with E-state index < -0.39 is 0 Å². The van der Waals surface area contributed by atoms with Crippen LogP contribution in [0.15, 0.2) is 29.4 Å². The highest BCUT2D eigenvalue weighted by atomic mass is 32.2. The van der Waals surface area contributed by atoms with E-state index in [1.807, 2.05) is 6.92 Å². The Morgan fingerprint density at radius 3 is 3.11 bits per heavy atom. The van der Waals surface area contributed by atoms with Crippen molar-refractivity contribution in [2.45, 2.75) is 18.6 Å². The zero-order valence-corrected chi connectivity index (χ0v) is 11.2. The molecule has 19 heavy (non-hydrogen) atoms. The average Bonchev–Trinajstić information content (AvgIpc) is 2.83. The van der Waals surface area contributed by atoms with Gasteiger partial charge < -0.3 is 11.1 Å². The number of thioether (sulfide) groups is 1. The predicted octanol–water partition coefficient (Wildman–Crippen LogP) is 1.01. The number of benzene rings is 1. The highest BCUT2D eigenvalue weighted by Gasteiger charge is 2.09. The number of aryl methyl sites for hydroxylation is 1. The van der Waals surface area contributed by atoms with Gasteiger partial charge in [-0.05, 0) is 35.5 Å². The minimum Gasteiger partial charge on any atom is -0.399 e. The Balaban J connectivity index is 1.88. The molecular weight excluding hydrogens is 264 g/mol. The maximum atomic E-state index is 11.8. The molecule has 0 radical (unpaired) electrons. The molecule has 0 atom stereocenters. The number of hydrogen-bond donors (Lipinski definition) is 2. The number of nitrogens with two attached hydrogens (primary N) is 1. The first kappa shape index (κ1) is 13.3. The van der Waals surface area contributed by atoms with E-state index in [1.165, 1.54) is 11.8 Å². The first-order valence-corrected chi connectivity index (χ1v) is 6.72. The van der Waals surface area contributed by atoms with Gasteiger partial charge in [-0.15, -0.1) is 5.10 Å². The summed E-state index contributed by atoms with van der Waals surface area (Å²) in [4.78, 5) is 11.8. The summed E-state index contributed by atoms with van der Waals surface area (Å²) in [5.74, 6) is 0.121. The Kier molecular flexibility index (Phi) is 4.35. The van der Waals surface area contributed by atoms with Crippen LogP contribution < -0.4 is 11.1 Å². The highest BCUT2D eigenvalue weighted by Crippen LogP contribution is 2.15. The van der Waals surface area contributed by atoms with Crippen molar-refractivity contribution in [3.63, 3.8) is 0 Å². The monoisotopic (exact) mass is 278 g/mol. The summed E-state index contributed by atoms with van der Waals surface area (Å²) in [5, 5.41) is 14.6. The Morgan fingerprint density at radius 1 is 1.53 bits per heavy atom. The number of nitrogen functional groups attached to an aromatic ring is 1. The molecule has 8 heteroatoms. The summed E-state index contributed by atoms with van der Waals surface area (Å²) in [6.07, 6.45) is 0. The van der Waals surface area contributed by atoms with Crippen molar-refractivity contribution in [3.8, 4) is 0 Å². The van der Waals surface area contributed by atoms with Gasteiger partial charge in [0.05, 0.1) is 5.75 Å². The lowest BCUT2D eigenvalue weighted by Gasteiger charge is -2.05. The van der Waals surface area contributed by atoms with Crippen LogP contribution in [0, 0.1) is 0 Å². The van der Waals surface area contributed by atoms with Gasteiger partial charge in [-0.25, -0.2) is 4.68 Å². The molecule has 0 spiro atoms. The lowest BCUT2D eigenvalue weighted by atomic mass is 10.3. The van der Waals surface area contributed by atoms with Crippen molar-refractivity contribution < 1.29 is 4.79 Å². The number of carbonyl (C=O) groups is 1. The van der Waals surface area contributed by atoms with Crippen LogP contribution in [-0.4, -0.2) is 31.9 Å². The van der Waals surface area contributed by atoms with Gasteiger partial charge in [0.1, 0.15) is 0 Å². The third-order valence-electron chi connectivity index (χ3n) is 2.30. The molecule has 0 aliphatic rings. The fraction of sp³-hybridized carbons (Fsp3) is 0.273. The highest BCUT2D eigenvalue weighted by molar-refractivity contribution is 7.99. The van der Waals surface area contributed by atoms with Crippen molar-refractivity contribution >= 4 is 29.0 Å². The quantitative estimate of drug-likeness (QED) is 0.625. The van der Waals surface area contributed by atoms with E-state index >= 15 is 0 Å². The molecular formula is C11H14N6OS. The molecule has 0 unspecified atom stereocenters. The summed E-state index contributed by atoms with van der Waals surface area (Å²) < 4.78 is 1.64. The van der Waals surface area contributed by atoms with Gasteiger partial charge in [-0.1, -0.05) is 17.8 Å². The van der Waals surface area contributed by atoms with E-state index in [2.05, 4.69) is 20.8 Å². The van der Waals surface area contributed by atoms with Gasteiger partial charge in [-0.3, -0.25) is 4.79 Å². The molecule has 0 saturated heterocycles. The summed E-state index contributed by atoms with van der Waals surface area (Å²) in [7, 11) is 0. The molecule has 0 aliphatic carbocycles. The fourth-order valence-corrected chi connectivity index (χ4v) is 2.18. The Labute approximate surface area is 114 Å². The van der Waals surface area contributed by atoms with Gasteiger partial charge in [-0.2, -0.15) is 0 Å². The second-order valence-electron chi connectivity index (χ2n) is 3.74. The Hall–Kier alpha value is -2.09. The first-order chi connectivity index (χ1) is 9.19. The third-order valence-corrected chi connectivity index (χ3v) is 3.26. The minimum absolute atomic E-state index is 0.124. The lowest BCUT2D eigenvalue weighted by Crippen LogP contribution is -2.14. The Morgan fingerprint density at radius 2 is 2.37 bits per heavy atom. The van der Waals surface area contributed by atoms with E-state index in [1.54, 1.807) is 28.9 Å². The van der Waals surface area contributed by atoms with Crippen molar-refractivity contribution in [2.75, 3.05) is 16.8 Å². The molecule has 7 nitrogen and oxygen atoms in total. The number of carbonyl (C=O) groups excluding carboxylic acids is 1. The van der Waals surface area contributed by atoms with Crippen LogP contribution in [0.4, 0.5) is 11.4 Å². The second kappa shape index (κ2) is 6.19. The average molecular weight is 278 g/mol. The number of nitrogens with zero attached hydrogens (tertiary/aromatic N) is 4. The number of anilines is 2. The van der Waals surface area contributed by atoms with Gasteiger partial charge in [0.25, 0.3) is 0 Å². The zero-order chi connectivity index (χ0) is 13.7. The summed E-state index contributed by atoms with van der Waals surface area (Å²) in [6.45, 7) is 2.61. The van der Waals surface area contributed by atoms with E-state index in [4.69, 9.17) is 5.73 Å². The van der Waals surface area contributed by atoms with Crippen LogP contribution in [0.2, 0.25) is 0 Å². The molecule has 100 valence electrons. The molecule has 1 aromatic heterocycles. The topological polar surface area (TPSA) is 98.7 Å². The van der Waals surface area contributed by atoms with E-state index in [0.717, 1.165) is 0 Å². The standard InChI is InChI=1S/C11H14N6OS/c1-2-17-11(14-15-16-17)19-7-10(18)13-9-5-3-4-8(12)6-9/h3-6H,2,7,12H2,1H3,(H,13,18). The lowest BCUT2D eigenvalue weighted by molar-refractivity contribution is -0.113. The maximum absolute atomic E-state index is 11.8. The smallest absolute Gasteiger partial charge is 0.234 e. The van der Waals surface area contributed by atoms with E-state index in [-0.39, 0.29) is 11.7 Å². The number of rotatable bonds is 5. The van der Waals surface area contributed by atoms with Crippen LogP contribution in [0.25, 0.3) is 0 Å². The predicted molar refractivity (Wildman–Crippen MR) is 73.7 cm³/mol. The summed E-state index contributed by atoms with van der Waals surface area (Å²) >= 11 is 1.29. The molecule has 0 saturated carbocycles. The molecule has 3 N–H and O–H groups in total. The summed E-state index contributed by atoms with van der Waals surface area (Å²) in [6, 6.07) is 7.04. The van der Waals surface area contributed by atoms with Gasteiger partial charge in [0, 0.05) is 17.9 Å². The first-order valence-electron chi connectivity index (χ1n) is 5.73. The number of tetrazole rings is 1. The Bertz CT molecular complexity index is 570. The van der Waals surface area contributed by atoms with Crippen LogP contribution in [0.1, 0.15) is 6.92 Å². The van der Waals surface area contributed by atoms with E-state index in [9.17, 15) is 4.79 Å². The maximum Gasteiger partial charge on any atom is 0.234 e. The van der Waals surface area contributed by atoms with Crippen molar-refractivity contribution in [1.29, 1.82) is 0 Å². The van der Waals surface area contributed by atoms with Gasteiger partial charge in [0.2, 0.25) is 11.1 Å². The number of aromatic nitrogens is 4. The molecule has 0 bridgehead atoms. The van der Waals surface area contributed by atoms with Crippen LogP contribution in [0.3, 0.4) is 0 Å². The van der Waals surface area contributed by atoms with Gasteiger partial charge >= 0.3 is 0 Å². The summed E-state index contributed by atoms with van der Waals surface area (Å²) in [5.41, 5.74) is 6.93. The second-order valence-corrected chi connectivity index (χ2v) is 4.68. The number of amides is 1. The van der Waals surface area contributed by atoms with Crippen LogP contribution in [-0.2, 0) is 11.3 Å². The number of hydrogen-bond acceptors (Lipinski definition) is 6. The van der Waals surface area contributed by atoms with Crippen molar-refractivity contribution in [2.24, 2.45) is 0 Å². The normalized spacial score (nSPS) is 10.4. The largest absolute Gasteiger partial charge is 0.399 e. The van der Waals surface area contributed by atoms with Crippen molar-refractivity contribution in [3.05, 3.63) is 24.3 Å². The molecule has 1 aromatic carbocycles. The van der Waals surface area contributed by atoms with Gasteiger partial charge in [0.15, 0.2) is 0 Å². The SMILES string of the molecule is CCn1nnnc1SCC(=O)Nc1cccc(N)c1. The van der Waals surface area contributed by atoms with Crippen LogP contribution >= 0.6 is 11.8 Å². The molecule has 2 aromatic rings. The fourth-order valence-electron chi connectivity index (χ4n) is 1.44. The third kappa shape index (κ3) is 3.68. The molecule has 0 fully saturated rings. The van der Waals surface area contributed by atoms with E-state index in [0.29, 0.717) is 23.1 Å². The molecule has 2 rings (SSSR count). The minimum atomic E-state index is -0.124. The van der Waals surface area contributed by atoms with Crippen LogP contribution in [0.5, 0.6) is 0 Å². The molecule has 0 aliphatic heterocycles. The number of nitrogens with one attached hydrogen (secondary N) is 1. The molecule has 1 amide bonds.